The summed E-state index contributed by atoms with van der Waals surface area (Å²) in [5.74, 6) is 0.910. The Bertz CT molecular complexity index is 712. The molecule has 0 amide bonds. The molecule has 0 unspecified atom stereocenters. The first-order valence-electron chi connectivity index (χ1n) is 6.74. The van der Waals surface area contributed by atoms with Gasteiger partial charge in [-0.15, -0.1) is 10.2 Å². The van der Waals surface area contributed by atoms with Crippen LogP contribution in [0.5, 0.6) is 0 Å². The molecule has 0 saturated heterocycles. The second-order valence-electron chi connectivity index (χ2n) is 4.71. The van der Waals surface area contributed by atoms with Crippen LogP contribution in [-0.4, -0.2) is 15.2 Å². The van der Waals surface area contributed by atoms with Gasteiger partial charge in [0, 0.05) is 23.7 Å². The Morgan fingerprint density at radius 1 is 0.952 bits per heavy atom. The van der Waals surface area contributed by atoms with Crippen molar-refractivity contribution in [2.24, 2.45) is 0 Å². The summed E-state index contributed by atoms with van der Waals surface area (Å²) in [6.07, 6.45) is 3.55. The van der Waals surface area contributed by atoms with Crippen molar-refractivity contribution in [3.05, 3.63) is 72.1 Å². The van der Waals surface area contributed by atoms with E-state index in [2.05, 4.69) is 46.4 Å². The van der Waals surface area contributed by atoms with Crippen molar-refractivity contribution < 1.29 is 0 Å². The minimum Gasteiger partial charge on any atom is -0.264 e. The second kappa shape index (κ2) is 6.50. The quantitative estimate of drug-likeness (QED) is 0.678. The summed E-state index contributed by atoms with van der Waals surface area (Å²) >= 11 is 1.70. The van der Waals surface area contributed by atoms with Gasteiger partial charge < -0.3 is 0 Å². The van der Waals surface area contributed by atoms with Crippen molar-refractivity contribution in [3.8, 4) is 11.3 Å². The fourth-order valence-electron chi connectivity index (χ4n) is 1.99. The summed E-state index contributed by atoms with van der Waals surface area (Å²) in [6.45, 7) is 2.13. The Hall–Kier alpha value is -2.20. The first kappa shape index (κ1) is 13.8. The molecule has 0 N–H and O–H groups in total. The third-order valence-corrected chi connectivity index (χ3v) is 4.20. The number of aryl methyl sites for hydroxylation is 1. The minimum atomic E-state index is 0.850. The van der Waals surface area contributed by atoms with Gasteiger partial charge in [0.2, 0.25) is 0 Å². The molecule has 0 atom stereocenters. The van der Waals surface area contributed by atoms with Crippen molar-refractivity contribution in [2.45, 2.75) is 17.7 Å². The van der Waals surface area contributed by atoms with Gasteiger partial charge in [0.15, 0.2) is 0 Å². The predicted octanol–water partition coefficient (Wildman–Crippen LogP) is 4.14. The van der Waals surface area contributed by atoms with Crippen molar-refractivity contribution in [1.29, 1.82) is 0 Å². The van der Waals surface area contributed by atoms with Crippen LogP contribution in [-0.2, 0) is 5.75 Å². The van der Waals surface area contributed by atoms with Crippen molar-refractivity contribution in [2.75, 3.05) is 0 Å². The zero-order valence-electron chi connectivity index (χ0n) is 11.7. The summed E-state index contributed by atoms with van der Waals surface area (Å²) in [6, 6.07) is 16.3. The van der Waals surface area contributed by atoms with Gasteiger partial charge in [0.1, 0.15) is 5.03 Å². The van der Waals surface area contributed by atoms with Gasteiger partial charge in [-0.25, -0.2) is 0 Å². The van der Waals surface area contributed by atoms with Gasteiger partial charge >= 0.3 is 0 Å². The van der Waals surface area contributed by atoms with Gasteiger partial charge in [-0.1, -0.05) is 36.0 Å². The molecular weight excluding hydrogens is 278 g/mol. The van der Waals surface area contributed by atoms with E-state index in [1.807, 2.05) is 24.3 Å². The lowest BCUT2D eigenvalue weighted by Gasteiger charge is -2.05. The van der Waals surface area contributed by atoms with Crippen molar-refractivity contribution >= 4 is 11.8 Å². The molecule has 0 aliphatic carbocycles. The van der Waals surface area contributed by atoms with E-state index >= 15 is 0 Å². The maximum absolute atomic E-state index is 4.28. The fraction of sp³-hybridized carbons (Fsp3) is 0.118. The number of hydrogen-bond acceptors (Lipinski definition) is 4. The number of benzene rings is 1. The highest BCUT2D eigenvalue weighted by molar-refractivity contribution is 7.98. The van der Waals surface area contributed by atoms with Crippen LogP contribution in [0.25, 0.3) is 11.3 Å². The number of aromatic nitrogens is 3. The molecule has 0 bridgehead atoms. The number of thioether (sulfide) groups is 1. The van der Waals surface area contributed by atoms with Gasteiger partial charge in [0.05, 0.1) is 5.69 Å². The molecule has 2 heterocycles. The van der Waals surface area contributed by atoms with Crippen LogP contribution in [0.2, 0.25) is 0 Å². The average Bonchev–Trinajstić information content (AvgIpc) is 2.55. The number of pyridine rings is 1. The molecule has 1 aromatic carbocycles. The first-order chi connectivity index (χ1) is 10.3. The highest BCUT2D eigenvalue weighted by Gasteiger charge is 2.03. The van der Waals surface area contributed by atoms with E-state index in [1.165, 1.54) is 11.1 Å². The monoisotopic (exact) mass is 293 g/mol. The Labute approximate surface area is 128 Å². The van der Waals surface area contributed by atoms with Crippen molar-refractivity contribution in [1.82, 2.24) is 15.2 Å². The fourth-order valence-corrected chi connectivity index (χ4v) is 2.88. The zero-order valence-corrected chi connectivity index (χ0v) is 12.5. The second-order valence-corrected chi connectivity index (χ2v) is 5.71. The van der Waals surface area contributed by atoms with E-state index < -0.39 is 0 Å². The highest BCUT2D eigenvalue weighted by atomic mass is 32.2. The number of hydrogen-bond donors (Lipinski definition) is 0. The van der Waals surface area contributed by atoms with E-state index in [1.54, 1.807) is 24.2 Å². The smallest absolute Gasteiger partial charge is 0.119 e. The predicted molar refractivity (Wildman–Crippen MR) is 86.0 cm³/mol. The Balaban J connectivity index is 1.69. The first-order valence-corrected chi connectivity index (χ1v) is 7.73. The molecule has 3 aromatic rings. The van der Waals surface area contributed by atoms with Gasteiger partial charge in [0.25, 0.3) is 0 Å². The summed E-state index contributed by atoms with van der Waals surface area (Å²) in [7, 11) is 0. The highest BCUT2D eigenvalue weighted by Crippen LogP contribution is 2.23. The molecule has 3 nitrogen and oxygen atoms in total. The molecule has 0 saturated carbocycles. The van der Waals surface area contributed by atoms with E-state index in [9.17, 15) is 0 Å². The van der Waals surface area contributed by atoms with Crippen LogP contribution in [0.4, 0.5) is 0 Å². The van der Waals surface area contributed by atoms with Crippen molar-refractivity contribution in [3.63, 3.8) is 0 Å². The number of rotatable bonds is 4. The van der Waals surface area contributed by atoms with Crippen LogP contribution in [0.3, 0.4) is 0 Å². The minimum absolute atomic E-state index is 0.850. The van der Waals surface area contributed by atoms with Crippen LogP contribution in [0.15, 0.2) is 66.0 Å². The lowest BCUT2D eigenvalue weighted by atomic mass is 10.1. The Kier molecular flexibility index (Phi) is 4.26. The average molecular weight is 293 g/mol. The Morgan fingerprint density at radius 2 is 1.86 bits per heavy atom. The van der Waals surface area contributed by atoms with E-state index in [0.29, 0.717) is 0 Å². The normalized spacial score (nSPS) is 10.5. The molecule has 3 rings (SSSR count). The summed E-state index contributed by atoms with van der Waals surface area (Å²) < 4.78 is 0. The van der Waals surface area contributed by atoms with Crippen LogP contribution < -0.4 is 0 Å². The largest absolute Gasteiger partial charge is 0.264 e. The lowest BCUT2D eigenvalue weighted by Crippen LogP contribution is -1.91. The standard InChI is InChI=1S/C17H15N3S/c1-13-5-2-3-6-15(13)12-21-17-9-8-16(19-20-17)14-7-4-10-18-11-14/h2-11H,12H2,1H3. The van der Waals surface area contributed by atoms with Crippen LogP contribution >= 0.6 is 11.8 Å². The lowest BCUT2D eigenvalue weighted by molar-refractivity contribution is 0.934. The Morgan fingerprint density at radius 3 is 2.57 bits per heavy atom. The van der Waals surface area contributed by atoms with Crippen LogP contribution in [0.1, 0.15) is 11.1 Å². The summed E-state index contributed by atoms with van der Waals surface area (Å²) in [5, 5.41) is 9.49. The zero-order chi connectivity index (χ0) is 14.5. The SMILES string of the molecule is Cc1ccccc1CSc1ccc(-c2cccnc2)nn1. The molecule has 0 fully saturated rings. The third-order valence-electron chi connectivity index (χ3n) is 3.23. The molecule has 21 heavy (non-hydrogen) atoms. The maximum atomic E-state index is 4.28. The van der Waals surface area contributed by atoms with Crippen LogP contribution in [0, 0.1) is 6.92 Å². The molecule has 0 aliphatic rings. The van der Waals surface area contributed by atoms with E-state index in [0.717, 1.165) is 22.0 Å². The third kappa shape index (κ3) is 3.47. The topological polar surface area (TPSA) is 38.7 Å². The molecule has 0 spiro atoms. The summed E-state index contributed by atoms with van der Waals surface area (Å²) in [4.78, 5) is 4.10. The molecule has 104 valence electrons. The van der Waals surface area contributed by atoms with E-state index in [-0.39, 0.29) is 0 Å². The maximum Gasteiger partial charge on any atom is 0.119 e. The molecule has 0 radical (unpaired) electrons. The summed E-state index contributed by atoms with van der Waals surface area (Å²) in [5.41, 5.74) is 4.48. The van der Waals surface area contributed by atoms with Gasteiger partial charge in [-0.3, -0.25) is 4.98 Å². The van der Waals surface area contributed by atoms with E-state index in [4.69, 9.17) is 0 Å². The van der Waals surface area contributed by atoms with Gasteiger partial charge in [-0.2, -0.15) is 0 Å². The van der Waals surface area contributed by atoms with Gasteiger partial charge in [-0.05, 0) is 42.3 Å². The molecule has 0 aliphatic heterocycles. The molecule has 2 aromatic heterocycles. The number of nitrogens with zero attached hydrogens (tertiary/aromatic N) is 3. The molecular formula is C17H15N3S. The molecule has 4 heteroatoms.